The third kappa shape index (κ3) is 5.01. The van der Waals surface area contributed by atoms with E-state index in [0.717, 1.165) is 56.4 Å². The molecule has 1 fully saturated rings. The van der Waals surface area contributed by atoms with E-state index in [1.54, 1.807) is 13.3 Å². The zero-order valence-electron chi connectivity index (χ0n) is 14.7. The van der Waals surface area contributed by atoms with Crippen molar-refractivity contribution in [2.45, 2.75) is 6.92 Å². The van der Waals surface area contributed by atoms with Crippen molar-refractivity contribution in [3.8, 4) is 5.75 Å². The van der Waals surface area contributed by atoms with E-state index in [-0.39, 0.29) is 0 Å². The molecule has 1 aromatic carbocycles. The Balaban J connectivity index is 1.58. The number of benzene rings is 1. The van der Waals surface area contributed by atoms with E-state index in [9.17, 15) is 0 Å². The highest BCUT2D eigenvalue weighted by molar-refractivity contribution is 5.63. The van der Waals surface area contributed by atoms with Gasteiger partial charge in [0.1, 0.15) is 5.75 Å². The van der Waals surface area contributed by atoms with E-state index in [2.05, 4.69) is 30.7 Å². The number of rotatable bonds is 7. The predicted molar refractivity (Wildman–Crippen MR) is 96.6 cm³/mol. The van der Waals surface area contributed by atoms with Crippen LogP contribution in [0.2, 0.25) is 0 Å². The van der Waals surface area contributed by atoms with E-state index in [4.69, 9.17) is 9.47 Å². The van der Waals surface area contributed by atoms with E-state index in [1.165, 1.54) is 0 Å². The van der Waals surface area contributed by atoms with Gasteiger partial charge in [-0.3, -0.25) is 4.90 Å². The van der Waals surface area contributed by atoms with E-state index in [0.29, 0.717) is 11.8 Å². The predicted octanol–water partition coefficient (Wildman–Crippen LogP) is 1.68. The maximum atomic E-state index is 5.37. The van der Waals surface area contributed by atoms with Crippen LogP contribution in [0.5, 0.6) is 5.75 Å². The first kappa shape index (κ1) is 17.4. The summed E-state index contributed by atoms with van der Waals surface area (Å²) < 4.78 is 10.7. The van der Waals surface area contributed by atoms with Crippen LogP contribution in [0.15, 0.2) is 24.4 Å². The molecule has 3 rings (SSSR count). The molecular weight excluding hydrogens is 320 g/mol. The van der Waals surface area contributed by atoms with Gasteiger partial charge in [-0.05, 0) is 24.6 Å². The van der Waals surface area contributed by atoms with Crippen LogP contribution in [0.3, 0.4) is 0 Å². The van der Waals surface area contributed by atoms with E-state index < -0.39 is 0 Å². The number of morpholine rings is 1. The largest absolute Gasteiger partial charge is 0.495 e. The van der Waals surface area contributed by atoms with Gasteiger partial charge in [0.15, 0.2) is 5.82 Å². The Morgan fingerprint density at radius 2 is 2.12 bits per heavy atom. The molecule has 0 spiro atoms. The third-order valence-electron chi connectivity index (χ3n) is 4.00. The number of methoxy groups -OCH3 is 1. The summed E-state index contributed by atoms with van der Waals surface area (Å²) in [4.78, 5) is 6.82. The fourth-order valence-corrected chi connectivity index (χ4v) is 2.65. The zero-order valence-corrected chi connectivity index (χ0v) is 14.7. The summed E-state index contributed by atoms with van der Waals surface area (Å²) in [6.07, 6.45) is 1.62. The molecule has 0 aliphatic carbocycles. The lowest BCUT2D eigenvalue weighted by atomic mass is 10.2. The fourth-order valence-electron chi connectivity index (χ4n) is 2.65. The van der Waals surface area contributed by atoms with Gasteiger partial charge in [-0.25, -0.2) is 0 Å². The highest BCUT2D eigenvalue weighted by Crippen LogP contribution is 2.27. The average Bonchev–Trinajstić information content (AvgIpc) is 2.63. The summed E-state index contributed by atoms with van der Waals surface area (Å²) in [5.41, 5.74) is 1.94. The van der Waals surface area contributed by atoms with Crippen molar-refractivity contribution in [3.63, 3.8) is 0 Å². The Labute approximate surface area is 147 Å². The standard InChI is InChI=1S/C17H24N6O2/c1-13-3-4-15(24-2)14(11-13)20-17-21-16(12-19-22-17)18-5-6-23-7-9-25-10-8-23/h3-4,11-12H,5-10H2,1-2H3,(H2,18,20,21,22). The molecule has 134 valence electrons. The molecule has 0 amide bonds. The molecule has 8 heteroatoms. The second-order valence-electron chi connectivity index (χ2n) is 5.87. The van der Waals surface area contributed by atoms with Crippen LogP contribution in [-0.4, -0.2) is 66.6 Å². The maximum absolute atomic E-state index is 5.37. The Bertz CT molecular complexity index is 691. The van der Waals surface area contributed by atoms with Crippen LogP contribution >= 0.6 is 0 Å². The van der Waals surface area contributed by atoms with Crippen molar-refractivity contribution in [2.24, 2.45) is 0 Å². The van der Waals surface area contributed by atoms with Gasteiger partial charge in [0.05, 0.1) is 32.2 Å². The number of anilines is 3. The molecule has 1 saturated heterocycles. The number of aromatic nitrogens is 3. The first-order chi connectivity index (χ1) is 12.2. The topological polar surface area (TPSA) is 84.4 Å². The lowest BCUT2D eigenvalue weighted by Crippen LogP contribution is -2.39. The Hall–Kier alpha value is -2.45. The highest BCUT2D eigenvalue weighted by Gasteiger charge is 2.10. The van der Waals surface area contributed by atoms with Crippen molar-refractivity contribution >= 4 is 17.5 Å². The Kier molecular flexibility index (Phi) is 5.97. The normalized spacial score (nSPS) is 15.0. The van der Waals surface area contributed by atoms with Gasteiger partial charge >= 0.3 is 0 Å². The van der Waals surface area contributed by atoms with Crippen molar-refractivity contribution < 1.29 is 9.47 Å². The molecule has 0 atom stereocenters. The summed E-state index contributed by atoms with van der Waals surface area (Å²) in [5.74, 6) is 1.86. The van der Waals surface area contributed by atoms with Gasteiger partial charge in [-0.15, -0.1) is 5.10 Å². The lowest BCUT2D eigenvalue weighted by Gasteiger charge is -2.26. The van der Waals surface area contributed by atoms with Gasteiger partial charge in [-0.1, -0.05) is 6.07 Å². The molecule has 0 radical (unpaired) electrons. The minimum atomic E-state index is 0.431. The minimum Gasteiger partial charge on any atom is -0.495 e. The second kappa shape index (κ2) is 8.59. The first-order valence-electron chi connectivity index (χ1n) is 8.40. The lowest BCUT2D eigenvalue weighted by molar-refractivity contribution is 0.0398. The highest BCUT2D eigenvalue weighted by atomic mass is 16.5. The van der Waals surface area contributed by atoms with E-state index in [1.807, 2.05) is 25.1 Å². The molecule has 8 nitrogen and oxygen atoms in total. The zero-order chi connectivity index (χ0) is 17.5. The van der Waals surface area contributed by atoms with Gasteiger partial charge in [-0.2, -0.15) is 10.1 Å². The molecule has 0 unspecified atom stereocenters. The number of nitrogens with one attached hydrogen (secondary N) is 2. The molecule has 0 saturated carbocycles. The number of aryl methyl sites for hydroxylation is 1. The molecule has 1 aromatic heterocycles. The average molecular weight is 344 g/mol. The maximum Gasteiger partial charge on any atom is 0.249 e. The molecule has 1 aliphatic rings. The molecular formula is C17H24N6O2. The van der Waals surface area contributed by atoms with E-state index >= 15 is 0 Å². The van der Waals surface area contributed by atoms with Crippen LogP contribution in [0, 0.1) is 6.92 Å². The SMILES string of the molecule is COc1ccc(C)cc1Nc1nncc(NCCN2CCOCC2)n1. The van der Waals surface area contributed by atoms with Crippen LogP contribution in [0.25, 0.3) is 0 Å². The number of hydrogen-bond acceptors (Lipinski definition) is 8. The quantitative estimate of drug-likeness (QED) is 0.785. The van der Waals surface area contributed by atoms with Crippen molar-refractivity contribution in [3.05, 3.63) is 30.0 Å². The van der Waals surface area contributed by atoms with Gasteiger partial charge in [0.25, 0.3) is 0 Å². The molecule has 1 aliphatic heterocycles. The first-order valence-corrected chi connectivity index (χ1v) is 8.40. The van der Waals surface area contributed by atoms with Gasteiger partial charge in [0.2, 0.25) is 5.95 Å². The van der Waals surface area contributed by atoms with Crippen LogP contribution in [0.1, 0.15) is 5.56 Å². The summed E-state index contributed by atoms with van der Waals surface area (Å²) in [5, 5.41) is 14.5. The Morgan fingerprint density at radius 3 is 2.92 bits per heavy atom. The number of nitrogens with zero attached hydrogens (tertiary/aromatic N) is 4. The molecule has 0 bridgehead atoms. The summed E-state index contributed by atoms with van der Waals surface area (Å²) >= 11 is 0. The fraction of sp³-hybridized carbons (Fsp3) is 0.471. The number of hydrogen-bond donors (Lipinski definition) is 2. The van der Waals surface area contributed by atoms with Crippen LogP contribution < -0.4 is 15.4 Å². The van der Waals surface area contributed by atoms with Crippen molar-refractivity contribution in [1.29, 1.82) is 0 Å². The van der Waals surface area contributed by atoms with Crippen molar-refractivity contribution in [2.75, 3.05) is 57.1 Å². The summed E-state index contributed by atoms with van der Waals surface area (Å²) in [7, 11) is 1.64. The number of ether oxygens (including phenoxy) is 2. The minimum absolute atomic E-state index is 0.431. The third-order valence-corrected chi connectivity index (χ3v) is 4.00. The summed E-state index contributed by atoms with van der Waals surface area (Å²) in [6.45, 7) is 7.33. The summed E-state index contributed by atoms with van der Waals surface area (Å²) in [6, 6.07) is 5.89. The monoisotopic (exact) mass is 344 g/mol. The molecule has 25 heavy (non-hydrogen) atoms. The van der Waals surface area contributed by atoms with Gasteiger partial charge in [0, 0.05) is 26.2 Å². The van der Waals surface area contributed by atoms with Gasteiger partial charge < -0.3 is 20.1 Å². The van der Waals surface area contributed by atoms with Crippen LogP contribution in [-0.2, 0) is 4.74 Å². The molecule has 2 heterocycles. The Morgan fingerprint density at radius 1 is 1.28 bits per heavy atom. The smallest absolute Gasteiger partial charge is 0.249 e. The molecule has 2 N–H and O–H groups in total. The van der Waals surface area contributed by atoms with Crippen LogP contribution in [0.4, 0.5) is 17.5 Å². The van der Waals surface area contributed by atoms with Crippen molar-refractivity contribution in [1.82, 2.24) is 20.1 Å². The molecule has 2 aromatic rings. The second-order valence-corrected chi connectivity index (χ2v) is 5.87.